The summed E-state index contributed by atoms with van der Waals surface area (Å²) in [5.41, 5.74) is 0.160. The number of thiazole rings is 1. The van der Waals surface area contributed by atoms with Crippen molar-refractivity contribution < 1.29 is 72.1 Å². The van der Waals surface area contributed by atoms with Crippen LogP contribution in [0.15, 0.2) is 35.7 Å². The van der Waals surface area contributed by atoms with Crippen LogP contribution in [0.1, 0.15) is 167 Å². The molecule has 0 saturated heterocycles. The van der Waals surface area contributed by atoms with E-state index >= 15 is 0 Å². The normalized spacial score (nSPS) is 14.8. The fourth-order valence-corrected chi connectivity index (χ4v) is 9.81. The molecule has 0 aliphatic carbocycles. The standard InChI is InChI=1S/C58H87N7O13S.CO2/c1-14-18-41(60-55(75)45-34-79-56(62-45)49(78-39(8)66)33-46(35(3)4)64(13)57(76)43(36(5)15-2)32-50(70)58(9,10)63(11)12)30-40-21-22-47(68)44(31-40)61-54(74)37(6)29-48(69)38(7)59-51(71)25-28-77-27-17-20-42(67)19-16-26-65-52(72)23-24-53(65)73;2-1-3/h21-24,31,34-38,41,43,46,49,68H,14-20,25-30,32-33H2,1-13H3,(H,59,71)(H,60,75)(H,61,74);/t36-,37+,38-,41+,43-,46+,49+;/m0./s1. The van der Waals surface area contributed by atoms with Gasteiger partial charge in [-0.1, -0.05) is 60.5 Å². The quantitative estimate of drug-likeness (QED) is 0.0250. The van der Waals surface area contributed by atoms with Crippen LogP contribution in [0.25, 0.3) is 0 Å². The number of anilines is 1. The highest BCUT2D eigenvalue weighted by atomic mass is 32.1. The molecule has 2 aromatic rings. The van der Waals surface area contributed by atoms with Crippen LogP contribution in [-0.2, 0) is 68.6 Å². The van der Waals surface area contributed by atoms with Gasteiger partial charge in [0.15, 0.2) is 17.7 Å². The highest BCUT2D eigenvalue weighted by molar-refractivity contribution is 7.09. The van der Waals surface area contributed by atoms with Gasteiger partial charge in [0.25, 0.3) is 17.7 Å². The first-order chi connectivity index (χ1) is 38.5. The molecule has 0 bridgehead atoms. The third-order valence-electron chi connectivity index (χ3n) is 14.8. The first kappa shape index (κ1) is 71.3. The van der Waals surface area contributed by atoms with Crippen LogP contribution in [-0.4, -0.2) is 154 Å². The number of esters is 1. The molecule has 1 aliphatic rings. The summed E-state index contributed by atoms with van der Waals surface area (Å²) in [6.45, 7) is 18.5. The highest BCUT2D eigenvalue weighted by Crippen LogP contribution is 2.33. The highest BCUT2D eigenvalue weighted by Gasteiger charge is 2.39. The van der Waals surface area contributed by atoms with Crippen molar-refractivity contribution in [1.82, 2.24) is 30.3 Å². The minimum Gasteiger partial charge on any atom is -0.506 e. The van der Waals surface area contributed by atoms with Crippen molar-refractivity contribution >= 4 is 81.9 Å². The van der Waals surface area contributed by atoms with Crippen LogP contribution >= 0.6 is 11.3 Å². The number of phenolic OH excluding ortho intramolecular Hbond substituents is 1. The number of benzene rings is 1. The van der Waals surface area contributed by atoms with Crippen LogP contribution in [0.3, 0.4) is 0 Å². The second-order valence-corrected chi connectivity index (χ2v) is 22.8. The fourth-order valence-electron chi connectivity index (χ4n) is 8.97. The Labute approximate surface area is 486 Å². The second kappa shape index (κ2) is 35.2. The maximum Gasteiger partial charge on any atom is 0.373 e. The third-order valence-corrected chi connectivity index (χ3v) is 15.7. The number of phenols is 1. The lowest BCUT2D eigenvalue weighted by Gasteiger charge is -2.38. The number of imide groups is 1. The van der Waals surface area contributed by atoms with Gasteiger partial charge in [-0.2, -0.15) is 9.59 Å². The maximum absolute atomic E-state index is 14.3. The molecule has 3 rings (SSSR count). The average Bonchev–Trinajstić information content (AvgIpc) is 4.05. The second-order valence-electron chi connectivity index (χ2n) is 22.0. The van der Waals surface area contributed by atoms with E-state index in [2.05, 4.69) is 20.9 Å². The van der Waals surface area contributed by atoms with E-state index in [0.29, 0.717) is 49.1 Å². The first-order valence-electron chi connectivity index (χ1n) is 28.0. The number of rotatable bonds is 36. The number of carbonyl (C=O) groups excluding carboxylic acids is 12. The molecule has 0 spiro atoms. The molecule has 23 heteroatoms. The van der Waals surface area contributed by atoms with Crippen molar-refractivity contribution in [3.63, 3.8) is 0 Å². The molecule has 1 aromatic carbocycles. The predicted molar refractivity (Wildman–Crippen MR) is 306 cm³/mol. The summed E-state index contributed by atoms with van der Waals surface area (Å²) in [5, 5.41) is 21.1. The van der Waals surface area contributed by atoms with Gasteiger partial charge >= 0.3 is 12.1 Å². The molecule has 6 amide bonds. The molecule has 2 heterocycles. The van der Waals surface area contributed by atoms with Crippen molar-refractivity contribution in [2.45, 2.75) is 176 Å². The molecule has 0 unspecified atom stereocenters. The van der Waals surface area contributed by atoms with Crippen LogP contribution in [0.2, 0.25) is 0 Å². The van der Waals surface area contributed by atoms with E-state index < -0.39 is 65.3 Å². The zero-order valence-corrected chi connectivity index (χ0v) is 50.9. The molecule has 0 radical (unpaired) electrons. The molecule has 454 valence electrons. The Bertz CT molecular complexity index is 2570. The van der Waals surface area contributed by atoms with Gasteiger partial charge in [0.05, 0.1) is 23.9 Å². The molecule has 82 heavy (non-hydrogen) atoms. The summed E-state index contributed by atoms with van der Waals surface area (Å²) in [4.78, 5) is 154. The van der Waals surface area contributed by atoms with Crippen molar-refractivity contribution in [3.05, 3.63) is 52.0 Å². The summed E-state index contributed by atoms with van der Waals surface area (Å²) >= 11 is 1.17. The van der Waals surface area contributed by atoms with Gasteiger partial charge in [-0.3, -0.25) is 57.7 Å². The number of aromatic nitrogens is 1. The van der Waals surface area contributed by atoms with E-state index in [1.54, 1.807) is 36.4 Å². The molecule has 1 aliphatic heterocycles. The van der Waals surface area contributed by atoms with E-state index in [9.17, 15) is 53.1 Å². The SMILES string of the molecule is CCC[C@H](Cc1ccc(O)c(NC(=O)[C@H](C)CC(=O)[C@H](C)NC(=O)CCOCCCC(=O)CCCN2C(=O)C=CC2=O)c1)NC(=O)c1csc([C@@H](C[C@H](C(C)C)N(C)C(=O)[C@@H](CC(=O)C(C)(C)N(C)C)[C@@H](C)CC)OC(C)=O)n1.O=C=O. The topological polar surface area (TPSA) is 302 Å². The van der Waals surface area contributed by atoms with Gasteiger partial charge in [0.1, 0.15) is 22.2 Å². The fraction of sp³-hybridized carbons (Fsp3) is 0.627. The van der Waals surface area contributed by atoms with Gasteiger partial charge in [0.2, 0.25) is 17.7 Å². The number of hydrogen-bond donors (Lipinski definition) is 4. The van der Waals surface area contributed by atoms with Gasteiger partial charge < -0.3 is 35.4 Å². The summed E-state index contributed by atoms with van der Waals surface area (Å²) in [6, 6.07) is 3.02. The summed E-state index contributed by atoms with van der Waals surface area (Å²) in [6.07, 6.45) is 5.44. The average molecular weight is 1170 g/mol. The van der Waals surface area contributed by atoms with Gasteiger partial charge in [0, 0.05) is 107 Å². The number of ether oxygens (including phenoxy) is 2. The molecule has 4 N–H and O–H groups in total. The Kier molecular flexibility index (Phi) is 30.6. The van der Waals surface area contributed by atoms with Crippen molar-refractivity contribution in [3.8, 4) is 5.75 Å². The molecule has 0 fully saturated rings. The third kappa shape index (κ3) is 23.2. The molecule has 0 saturated carbocycles. The first-order valence-corrected chi connectivity index (χ1v) is 28.9. The lowest BCUT2D eigenvalue weighted by molar-refractivity contribution is -0.192. The number of Topliss-reactive ketones (excluding diaryl/α,β-unsaturated/α-hetero) is 3. The minimum atomic E-state index is -0.893. The Balaban J connectivity index is 0.00000748. The monoisotopic (exact) mass is 1170 g/mol. The largest absolute Gasteiger partial charge is 0.506 e. The Hall–Kier alpha value is -6.81. The zero-order valence-electron chi connectivity index (χ0n) is 50.0. The Morgan fingerprint density at radius 3 is 2.10 bits per heavy atom. The Morgan fingerprint density at radius 1 is 0.878 bits per heavy atom. The van der Waals surface area contributed by atoms with E-state index in [0.717, 1.165) is 4.90 Å². The Morgan fingerprint density at radius 2 is 1.51 bits per heavy atom. The summed E-state index contributed by atoms with van der Waals surface area (Å²) in [7, 11) is 5.40. The van der Waals surface area contributed by atoms with Gasteiger partial charge in [-0.25, -0.2) is 4.98 Å². The number of hydrogen-bond acceptors (Lipinski definition) is 18. The van der Waals surface area contributed by atoms with Crippen LogP contribution in [0, 0.1) is 23.7 Å². The van der Waals surface area contributed by atoms with Crippen molar-refractivity contribution in [1.29, 1.82) is 0 Å². The number of likely N-dealkylation sites (N-methyl/N-ethyl adjacent to an activating group) is 1. The number of nitrogens with one attached hydrogen (secondary N) is 3. The van der Waals surface area contributed by atoms with Gasteiger partial charge in [-0.05, 0) is 90.1 Å². The smallest absolute Gasteiger partial charge is 0.373 e. The van der Waals surface area contributed by atoms with Crippen LogP contribution in [0.4, 0.5) is 5.69 Å². The van der Waals surface area contributed by atoms with E-state index in [1.165, 1.54) is 43.4 Å². The zero-order chi connectivity index (χ0) is 62.0. The molecule has 1 aromatic heterocycles. The molecular weight excluding hydrogens is 1080 g/mol. The van der Waals surface area contributed by atoms with Crippen molar-refractivity contribution in [2.24, 2.45) is 23.7 Å². The lowest BCUT2D eigenvalue weighted by Crippen LogP contribution is -2.50. The van der Waals surface area contributed by atoms with Crippen LogP contribution in [0.5, 0.6) is 5.75 Å². The van der Waals surface area contributed by atoms with E-state index in [4.69, 9.17) is 19.1 Å². The molecular formula is C59H87N7O15S. The van der Waals surface area contributed by atoms with Gasteiger partial charge in [-0.15, -0.1) is 11.3 Å². The van der Waals surface area contributed by atoms with Crippen LogP contribution < -0.4 is 16.0 Å². The lowest BCUT2D eigenvalue weighted by atomic mass is 9.81. The number of carbonyl (C=O) groups is 10. The summed E-state index contributed by atoms with van der Waals surface area (Å²) in [5.74, 6) is -5.08. The van der Waals surface area contributed by atoms with Crippen molar-refractivity contribution in [2.75, 3.05) is 46.2 Å². The minimum absolute atomic E-state index is 0.0241. The van der Waals surface area contributed by atoms with E-state index in [1.807, 2.05) is 67.5 Å². The molecule has 7 atom stereocenters. The summed E-state index contributed by atoms with van der Waals surface area (Å²) < 4.78 is 11.3. The number of nitrogens with zero attached hydrogens (tertiary/aromatic N) is 4. The predicted octanol–water partition coefficient (Wildman–Crippen LogP) is 6.35. The number of aromatic hydroxyl groups is 1. The van der Waals surface area contributed by atoms with E-state index in [-0.39, 0.29) is 128 Å². The number of amides is 6. The molecule has 22 nitrogen and oxygen atoms in total. The number of ketones is 3. The maximum atomic E-state index is 14.3.